The molecule has 134 valence electrons. The van der Waals surface area contributed by atoms with Gasteiger partial charge in [-0.2, -0.15) is 4.98 Å². The Balaban J connectivity index is 1.55. The highest BCUT2D eigenvalue weighted by atomic mass is 16.5. The largest absolute Gasteiger partial charge is 0.355 e. The highest BCUT2D eigenvalue weighted by Crippen LogP contribution is 2.29. The topological polar surface area (TPSA) is 97.0 Å². The van der Waals surface area contributed by atoms with Gasteiger partial charge in [0.25, 0.3) is 5.71 Å². The molecular formula is C18H20N6O2. The second-order valence-electron chi connectivity index (χ2n) is 6.59. The number of aromatic nitrogens is 4. The number of fused-ring (bicyclic) bond motifs is 1. The van der Waals surface area contributed by atoms with Crippen molar-refractivity contribution in [1.29, 1.82) is 0 Å². The molecule has 4 rings (SSSR count). The maximum Gasteiger partial charge on any atom is 0.263 e. The van der Waals surface area contributed by atoms with Crippen LogP contribution in [0.1, 0.15) is 24.1 Å². The number of nitrogens with one attached hydrogen (secondary N) is 1. The Morgan fingerprint density at radius 3 is 3.04 bits per heavy atom. The average Bonchev–Trinajstić information content (AvgIpc) is 3.05. The number of amides is 1. The third-order valence-electron chi connectivity index (χ3n) is 4.77. The molecule has 3 aromatic rings. The Kier molecular flexibility index (Phi) is 4.24. The lowest BCUT2D eigenvalue weighted by molar-refractivity contribution is -0.120. The SMILES string of the molecule is Cc1cccnc1NC(=O)[C@H]1CCCN(c2ncnc3onc(C)c23)C1. The monoisotopic (exact) mass is 352 g/mol. The second kappa shape index (κ2) is 6.70. The van der Waals surface area contributed by atoms with Gasteiger partial charge in [0.2, 0.25) is 5.91 Å². The van der Waals surface area contributed by atoms with Gasteiger partial charge in [-0.15, -0.1) is 0 Å². The highest BCUT2D eigenvalue weighted by molar-refractivity contribution is 5.93. The van der Waals surface area contributed by atoms with Crippen molar-refractivity contribution >= 4 is 28.6 Å². The van der Waals surface area contributed by atoms with Crippen LogP contribution in [0.2, 0.25) is 0 Å². The van der Waals surface area contributed by atoms with E-state index in [1.807, 2.05) is 26.0 Å². The number of rotatable bonds is 3. The molecule has 3 aromatic heterocycles. The molecule has 1 amide bonds. The van der Waals surface area contributed by atoms with Gasteiger partial charge >= 0.3 is 0 Å². The van der Waals surface area contributed by atoms with Crippen LogP contribution in [0.5, 0.6) is 0 Å². The minimum absolute atomic E-state index is 0.0103. The van der Waals surface area contributed by atoms with E-state index in [9.17, 15) is 4.79 Å². The molecular weight excluding hydrogens is 332 g/mol. The normalized spacial score (nSPS) is 17.5. The van der Waals surface area contributed by atoms with Crippen molar-refractivity contribution in [3.8, 4) is 0 Å². The van der Waals surface area contributed by atoms with Crippen LogP contribution >= 0.6 is 0 Å². The summed E-state index contributed by atoms with van der Waals surface area (Å²) < 4.78 is 5.23. The third-order valence-corrected chi connectivity index (χ3v) is 4.77. The Bertz CT molecular complexity index is 954. The lowest BCUT2D eigenvalue weighted by atomic mass is 9.96. The summed E-state index contributed by atoms with van der Waals surface area (Å²) >= 11 is 0. The molecule has 1 N–H and O–H groups in total. The van der Waals surface area contributed by atoms with Gasteiger partial charge in [-0.05, 0) is 38.3 Å². The molecule has 0 radical (unpaired) electrons. The van der Waals surface area contributed by atoms with E-state index in [1.165, 1.54) is 6.33 Å². The molecule has 0 spiro atoms. The van der Waals surface area contributed by atoms with Crippen LogP contribution in [0.4, 0.5) is 11.6 Å². The summed E-state index contributed by atoms with van der Waals surface area (Å²) in [5, 5.41) is 7.75. The first-order valence-corrected chi connectivity index (χ1v) is 8.68. The molecule has 26 heavy (non-hydrogen) atoms. The molecule has 0 bridgehead atoms. The number of carbonyl (C=O) groups excluding carboxylic acids is 1. The number of pyridine rings is 1. The molecule has 1 saturated heterocycles. The van der Waals surface area contributed by atoms with Crippen LogP contribution in [0.15, 0.2) is 29.2 Å². The van der Waals surface area contributed by atoms with E-state index in [-0.39, 0.29) is 11.8 Å². The summed E-state index contributed by atoms with van der Waals surface area (Å²) in [4.78, 5) is 27.7. The summed E-state index contributed by atoms with van der Waals surface area (Å²) in [6.45, 7) is 5.23. The van der Waals surface area contributed by atoms with E-state index in [0.29, 0.717) is 18.1 Å². The molecule has 0 saturated carbocycles. The molecule has 1 fully saturated rings. The Morgan fingerprint density at radius 2 is 2.19 bits per heavy atom. The number of hydrogen-bond acceptors (Lipinski definition) is 7. The Labute approximate surface area is 150 Å². The number of carbonyl (C=O) groups is 1. The molecule has 0 aliphatic carbocycles. The molecule has 0 aromatic carbocycles. The fraction of sp³-hybridized carbons (Fsp3) is 0.389. The summed E-state index contributed by atoms with van der Waals surface area (Å²) in [5.41, 5.74) is 2.18. The molecule has 8 nitrogen and oxygen atoms in total. The van der Waals surface area contributed by atoms with E-state index in [2.05, 4.69) is 30.3 Å². The van der Waals surface area contributed by atoms with Crippen LogP contribution in [0.25, 0.3) is 11.1 Å². The van der Waals surface area contributed by atoms with Gasteiger partial charge in [-0.1, -0.05) is 11.2 Å². The lowest BCUT2D eigenvalue weighted by Gasteiger charge is -2.33. The predicted octanol–water partition coefficient (Wildman–Crippen LogP) is 2.48. The van der Waals surface area contributed by atoms with Crippen molar-refractivity contribution in [2.45, 2.75) is 26.7 Å². The molecule has 4 heterocycles. The zero-order valence-corrected chi connectivity index (χ0v) is 14.8. The average molecular weight is 352 g/mol. The van der Waals surface area contributed by atoms with Crippen molar-refractivity contribution < 1.29 is 9.32 Å². The van der Waals surface area contributed by atoms with E-state index >= 15 is 0 Å². The van der Waals surface area contributed by atoms with E-state index in [1.54, 1.807) is 6.20 Å². The van der Waals surface area contributed by atoms with Crippen molar-refractivity contribution in [3.63, 3.8) is 0 Å². The number of aryl methyl sites for hydroxylation is 2. The van der Waals surface area contributed by atoms with Crippen molar-refractivity contribution in [2.75, 3.05) is 23.3 Å². The van der Waals surface area contributed by atoms with E-state index in [0.717, 1.165) is 41.8 Å². The summed E-state index contributed by atoms with van der Waals surface area (Å²) in [5.74, 6) is 1.26. The maximum absolute atomic E-state index is 12.7. The summed E-state index contributed by atoms with van der Waals surface area (Å²) in [6.07, 6.45) is 4.91. The minimum Gasteiger partial charge on any atom is -0.355 e. The van der Waals surface area contributed by atoms with Crippen molar-refractivity contribution in [2.24, 2.45) is 5.92 Å². The lowest BCUT2D eigenvalue weighted by Crippen LogP contribution is -2.41. The van der Waals surface area contributed by atoms with Crippen LogP contribution in [0, 0.1) is 19.8 Å². The Morgan fingerprint density at radius 1 is 1.31 bits per heavy atom. The van der Waals surface area contributed by atoms with Gasteiger partial charge in [0, 0.05) is 19.3 Å². The first-order chi connectivity index (χ1) is 12.6. The third kappa shape index (κ3) is 2.98. The molecule has 1 aliphatic heterocycles. The fourth-order valence-electron chi connectivity index (χ4n) is 3.36. The summed E-state index contributed by atoms with van der Waals surface area (Å²) in [6, 6.07) is 3.79. The number of piperidine rings is 1. The Hall–Kier alpha value is -3.03. The maximum atomic E-state index is 12.7. The van der Waals surface area contributed by atoms with Crippen molar-refractivity contribution in [3.05, 3.63) is 35.9 Å². The van der Waals surface area contributed by atoms with Crippen molar-refractivity contribution in [1.82, 2.24) is 20.1 Å². The zero-order chi connectivity index (χ0) is 18.1. The second-order valence-corrected chi connectivity index (χ2v) is 6.59. The van der Waals surface area contributed by atoms with Gasteiger partial charge < -0.3 is 14.7 Å². The minimum atomic E-state index is -0.129. The molecule has 1 atom stereocenters. The van der Waals surface area contributed by atoms with Crippen LogP contribution in [-0.4, -0.2) is 39.1 Å². The number of hydrogen-bond donors (Lipinski definition) is 1. The van der Waals surface area contributed by atoms with Gasteiger partial charge in [0.1, 0.15) is 23.3 Å². The van der Waals surface area contributed by atoms with Gasteiger partial charge in [-0.25, -0.2) is 9.97 Å². The molecule has 1 aliphatic rings. The van der Waals surface area contributed by atoms with Gasteiger partial charge in [0.15, 0.2) is 0 Å². The number of anilines is 2. The quantitative estimate of drug-likeness (QED) is 0.773. The zero-order valence-electron chi connectivity index (χ0n) is 14.8. The molecule has 0 unspecified atom stereocenters. The van der Waals surface area contributed by atoms with Crippen LogP contribution in [0.3, 0.4) is 0 Å². The van der Waals surface area contributed by atoms with Gasteiger partial charge in [0.05, 0.1) is 11.6 Å². The fourth-order valence-corrected chi connectivity index (χ4v) is 3.36. The van der Waals surface area contributed by atoms with E-state index < -0.39 is 0 Å². The van der Waals surface area contributed by atoms with Crippen LogP contribution in [-0.2, 0) is 4.79 Å². The first-order valence-electron chi connectivity index (χ1n) is 8.68. The smallest absolute Gasteiger partial charge is 0.263 e. The van der Waals surface area contributed by atoms with E-state index in [4.69, 9.17) is 4.52 Å². The summed E-state index contributed by atoms with van der Waals surface area (Å²) in [7, 11) is 0. The predicted molar refractivity (Wildman–Crippen MR) is 96.9 cm³/mol. The number of nitrogens with zero attached hydrogens (tertiary/aromatic N) is 5. The standard InChI is InChI=1S/C18H20N6O2/c1-11-5-3-7-19-15(11)22-17(25)13-6-4-8-24(9-13)16-14-12(2)23-26-18(14)21-10-20-16/h3,5,7,10,13H,4,6,8-9H2,1-2H3,(H,19,22,25)/t13-/m0/s1. The van der Waals surface area contributed by atoms with Crippen LogP contribution < -0.4 is 10.2 Å². The highest BCUT2D eigenvalue weighted by Gasteiger charge is 2.29. The van der Waals surface area contributed by atoms with Gasteiger partial charge in [-0.3, -0.25) is 4.79 Å². The molecule has 8 heteroatoms. The first kappa shape index (κ1) is 16.4.